The molecule has 1 aliphatic rings. The van der Waals surface area contributed by atoms with Gasteiger partial charge in [-0.05, 0) is 19.4 Å². The van der Waals surface area contributed by atoms with Gasteiger partial charge in [0, 0.05) is 18.8 Å². The van der Waals surface area contributed by atoms with E-state index >= 15 is 0 Å². The zero-order valence-electron chi connectivity index (χ0n) is 7.50. The summed E-state index contributed by atoms with van der Waals surface area (Å²) >= 11 is 0. The second kappa shape index (κ2) is 3.18. The van der Waals surface area contributed by atoms with Crippen LogP contribution in [0.15, 0.2) is 6.07 Å². The highest BCUT2D eigenvalue weighted by atomic mass is 16.2. The third-order valence-corrected chi connectivity index (χ3v) is 2.03. The molecule has 1 fully saturated rings. The molecule has 0 bridgehead atoms. The number of amides is 1. The topological polar surface area (TPSA) is 61.0 Å². The summed E-state index contributed by atoms with van der Waals surface area (Å²) in [5, 5.41) is 8.26. The molecule has 1 aliphatic heterocycles. The Hall–Kier alpha value is -1.36. The van der Waals surface area contributed by atoms with Crippen LogP contribution in [0.25, 0.3) is 0 Å². The van der Waals surface area contributed by atoms with E-state index in [1.807, 2.05) is 6.92 Å². The number of aromatic amines is 1. The zero-order valence-corrected chi connectivity index (χ0v) is 7.50. The maximum Gasteiger partial charge on any atom is 0.288 e. The van der Waals surface area contributed by atoms with Crippen LogP contribution in [0.1, 0.15) is 22.6 Å². The fourth-order valence-corrected chi connectivity index (χ4v) is 1.37. The number of hydrogen-bond donors (Lipinski definition) is 2. The number of aromatic nitrogens is 2. The Morgan fingerprint density at radius 2 is 2.54 bits per heavy atom. The quantitative estimate of drug-likeness (QED) is 0.643. The minimum atomic E-state index is -0.0538. The molecule has 2 heterocycles. The first kappa shape index (κ1) is 8.25. The van der Waals surface area contributed by atoms with Crippen LogP contribution < -0.4 is 5.43 Å². The van der Waals surface area contributed by atoms with E-state index in [-0.39, 0.29) is 5.91 Å². The first-order chi connectivity index (χ1) is 6.27. The summed E-state index contributed by atoms with van der Waals surface area (Å²) in [6.45, 7) is 3.51. The molecule has 1 aromatic heterocycles. The third-order valence-electron chi connectivity index (χ3n) is 2.03. The molecule has 2 N–H and O–H groups in total. The smallest absolute Gasteiger partial charge is 0.282 e. The van der Waals surface area contributed by atoms with E-state index in [4.69, 9.17) is 0 Å². The van der Waals surface area contributed by atoms with E-state index in [0.717, 1.165) is 25.2 Å². The number of nitrogens with one attached hydrogen (secondary N) is 2. The van der Waals surface area contributed by atoms with Gasteiger partial charge < -0.3 is 0 Å². The molecule has 0 aliphatic carbocycles. The van der Waals surface area contributed by atoms with Gasteiger partial charge in [-0.25, -0.2) is 5.43 Å². The summed E-state index contributed by atoms with van der Waals surface area (Å²) in [5.41, 5.74) is 4.38. The van der Waals surface area contributed by atoms with Crippen molar-refractivity contribution < 1.29 is 4.79 Å². The van der Waals surface area contributed by atoms with Gasteiger partial charge in [0.05, 0.1) is 0 Å². The zero-order chi connectivity index (χ0) is 9.26. The van der Waals surface area contributed by atoms with Gasteiger partial charge >= 0.3 is 0 Å². The van der Waals surface area contributed by atoms with Gasteiger partial charge in [-0.2, -0.15) is 5.10 Å². The molecule has 5 nitrogen and oxygen atoms in total. The molecule has 0 saturated carbocycles. The number of carbonyl (C=O) groups excluding carboxylic acids is 1. The van der Waals surface area contributed by atoms with E-state index < -0.39 is 0 Å². The van der Waals surface area contributed by atoms with Crippen molar-refractivity contribution in [2.75, 3.05) is 13.1 Å². The number of hydrazine groups is 1. The summed E-state index contributed by atoms with van der Waals surface area (Å²) in [4.78, 5) is 11.6. The van der Waals surface area contributed by atoms with Crippen molar-refractivity contribution in [3.63, 3.8) is 0 Å². The van der Waals surface area contributed by atoms with Crippen LogP contribution in [0.2, 0.25) is 0 Å². The van der Waals surface area contributed by atoms with Crippen LogP contribution in [-0.2, 0) is 0 Å². The Bertz CT molecular complexity index is 314. The lowest BCUT2D eigenvalue weighted by atomic mass is 10.3. The number of H-pyrrole nitrogens is 1. The minimum Gasteiger partial charge on any atom is -0.282 e. The van der Waals surface area contributed by atoms with Crippen molar-refractivity contribution in [3.8, 4) is 0 Å². The number of nitrogens with zero attached hydrogens (tertiary/aromatic N) is 2. The molecule has 13 heavy (non-hydrogen) atoms. The Morgan fingerprint density at radius 1 is 1.69 bits per heavy atom. The van der Waals surface area contributed by atoms with Crippen LogP contribution in [0.3, 0.4) is 0 Å². The molecule has 0 aromatic carbocycles. The van der Waals surface area contributed by atoms with E-state index in [2.05, 4.69) is 15.6 Å². The maximum atomic E-state index is 11.6. The van der Waals surface area contributed by atoms with E-state index in [1.165, 1.54) is 0 Å². The van der Waals surface area contributed by atoms with Crippen LogP contribution in [0, 0.1) is 6.92 Å². The van der Waals surface area contributed by atoms with Crippen LogP contribution in [0.4, 0.5) is 0 Å². The van der Waals surface area contributed by atoms with Crippen molar-refractivity contribution in [1.29, 1.82) is 0 Å². The molecule has 0 atom stereocenters. The van der Waals surface area contributed by atoms with Crippen molar-refractivity contribution >= 4 is 5.91 Å². The van der Waals surface area contributed by atoms with Gasteiger partial charge in [0.15, 0.2) is 5.69 Å². The highest BCUT2D eigenvalue weighted by Crippen LogP contribution is 2.05. The minimum absolute atomic E-state index is 0.0538. The fourth-order valence-electron chi connectivity index (χ4n) is 1.37. The highest BCUT2D eigenvalue weighted by molar-refractivity contribution is 5.92. The second-order valence-corrected chi connectivity index (χ2v) is 3.15. The van der Waals surface area contributed by atoms with E-state index in [9.17, 15) is 4.79 Å². The van der Waals surface area contributed by atoms with Crippen LogP contribution in [-0.4, -0.2) is 34.2 Å². The molecule has 70 valence electrons. The molecule has 1 saturated heterocycles. The molecular formula is C8H12N4O. The fraction of sp³-hybridized carbons (Fsp3) is 0.500. The molecule has 2 rings (SSSR count). The molecule has 5 heteroatoms. The first-order valence-electron chi connectivity index (χ1n) is 4.35. The van der Waals surface area contributed by atoms with Crippen molar-refractivity contribution in [3.05, 3.63) is 17.5 Å². The van der Waals surface area contributed by atoms with Gasteiger partial charge in [0.2, 0.25) is 0 Å². The lowest BCUT2D eigenvalue weighted by Gasteiger charge is -2.12. The SMILES string of the molecule is Cc1cc(C(=O)N2CCCN2)n[nH]1. The van der Waals surface area contributed by atoms with Crippen molar-refractivity contribution in [2.45, 2.75) is 13.3 Å². The van der Waals surface area contributed by atoms with Crippen LogP contribution in [0.5, 0.6) is 0 Å². The molecule has 0 spiro atoms. The monoisotopic (exact) mass is 180 g/mol. The largest absolute Gasteiger partial charge is 0.288 e. The Balaban J connectivity index is 2.12. The Morgan fingerprint density at radius 3 is 3.08 bits per heavy atom. The summed E-state index contributed by atoms with van der Waals surface area (Å²) in [5.74, 6) is -0.0538. The third kappa shape index (κ3) is 1.55. The summed E-state index contributed by atoms with van der Waals surface area (Å²) in [7, 11) is 0. The normalized spacial score (nSPS) is 16.5. The molecule has 1 amide bonds. The van der Waals surface area contributed by atoms with Gasteiger partial charge in [0.1, 0.15) is 0 Å². The molecule has 0 radical (unpaired) electrons. The van der Waals surface area contributed by atoms with Gasteiger partial charge in [0.25, 0.3) is 5.91 Å². The van der Waals surface area contributed by atoms with E-state index in [0.29, 0.717) is 5.69 Å². The lowest BCUT2D eigenvalue weighted by Crippen LogP contribution is -2.37. The van der Waals surface area contributed by atoms with Gasteiger partial charge in [-0.1, -0.05) is 0 Å². The summed E-state index contributed by atoms with van der Waals surface area (Å²) in [6, 6.07) is 1.75. The lowest BCUT2D eigenvalue weighted by molar-refractivity contribution is 0.0720. The Kier molecular flexibility index (Phi) is 2.02. The first-order valence-corrected chi connectivity index (χ1v) is 4.35. The van der Waals surface area contributed by atoms with Gasteiger partial charge in [-0.3, -0.25) is 14.9 Å². The average Bonchev–Trinajstić information content (AvgIpc) is 2.72. The number of hydrogen-bond acceptors (Lipinski definition) is 3. The van der Waals surface area contributed by atoms with E-state index in [1.54, 1.807) is 11.1 Å². The second-order valence-electron chi connectivity index (χ2n) is 3.15. The molecule has 1 aromatic rings. The summed E-state index contributed by atoms with van der Waals surface area (Å²) in [6.07, 6.45) is 1.01. The summed E-state index contributed by atoms with van der Waals surface area (Å²) < 4.78 is 0. The number of rotatable bonds is 1. The number of aryl methyl sites for hydroxylation is 1. The highest BCUT2D eigenvalue weighted by Gasteiger charge is 2.20. The molecule has 0 unspecified atom stereocenters. The molecular weight excluding hydrogens is 168 g/mol. The predicted molar refractivity (Wildman–Crippen MR) is 47.0 cm³/mol. The van der Waals surface area contributed by atoms with Crippen LogP contribution >= 0.6 is 0 Å². The predicted octanol–water partition coefficient (Wildman–Crippen LogP) is 0.0686. The van der Waals surface area contributed by atoms with Crippen molar-refractivity contribution in [1.82, 2.24) is 20.6 Å². The number of carbonyl (C=O) groups is 1. The maximum absolute atomic E-state index is 11.6. The average molecular weight is 180 g/mol. The standard InChI is InChI=1S/C8H12N4O/c1-6-5-7(11-10-6)8(13)12-4-2-3-9-12/h5,9H,2-4H2,1H3,(H,10,11). The Labute approximate surface area is 76.1 Å². The van der Waals surface area contributed by atoms with Crippen molar-refractivity contribution in [2.24, 2.45) is 0 Å². The van der Waals surface area contributed by atoms with Gasteiger partial charge in [-0.15, -0.1) is 0 Å².